The monoisotopic (exact) mass is 241 g/mol. The summed E-state index contributed by atoms with van der Waals surface area (Å²) in [5.74, 6) is 5.74. The van der Waals surface area contributed by atoms with Crippen LogP contribution < -0.4 is 11.3 Å². The molecule has 5 heteroatoms. The van der Waals surface area contributed by atoms with Crippen LogP contribution in [0, 0.1) is 5.92 Å². The number of hydrogen-bond acceptors (Lipinski definition) is 4. The van der Waals surface area contributed by atoms with E-state index in [4.69, 9.17) is 10.6 Å². The number of hydrazine groups is 1. The summed E-state index contributed by atoms with van der Waals surface area (Å²) < 4.78 is 5.33. The number of carbonyl (C=O) groups is 1. The molecule has 0 aromatic heterocycles. The summed E-state index contributed by atoms with van der Waals surface area (Å²) in [6.45, 7) is 10.7. The molecule has 1 amide bonds. The van der Waals surface area contributed by atoms with E-state index >= 15 is 0 Å². The quantitative estimate of drug-likeness (QED) is 0.443. The van der Waals surface area contributed by atoms with Gasteiger partial charge in [0, 0.05) is 19.1 Å². The van der Waals surface area contributed by atoms with Gasteiger partial charge in [-0.05, 0) is 33.1 Å². The maximum absolute atomic E-state index is 11.8. The largest absolute Gasteiger partial charge is 0.444 e. The maximum atomic E-state index is 11.8. The molecule has 3 N–H and O–H groups in total. The molecule has 17 heavy (non-hydrogen) atoms. The first kappa shape index (κ1) is 14.0. The third-order valence-corrected chi connectivity index (χ3v) is 2.83. The van der Waals surface area contributed by atoms with Crippen LogP contribution in [-0.4, -0.2) is 35.7 Å². The maximum Gasteiger partial charge on any atom is 0.410 e. The topological polar surface area (TPSA) is 67.6 Å². The minimum Gasteiger partial charge on any atom is -0.444 e. The van der Waals surface area contributed by atoms with E-state index in [9.17, 15) is 4.79 Å². The molecule has 1 saturated heterocycles. The Labute approximate surface area is 103 Å². The second kappa shape index (κ2) is 5.51. The highest BCUT2D eigenvalue weighted by Crippen LogP contribution is 2.22. The SMILES string of the molecule is C=CC(NN)C1CCN(C(=O)OC(C)(C)C)C1. The van der Waals surface area contributed by atoms with Gasteiger partial charge in [0.15, 0.2) is 0 Å². The molecule has 1 rings (SSSR count). The predicted octanol–water partition coefficient (Wildman–Crippen LogP) is 1.26. The van der Waals surface area contributed by atoms with Gasteiger partial charge in [0.1, 0.15) is 5.60 Å². The fourth-order valence-electron chi connectivity index (χ4n) is 1.97. The Balaban J connectivity index is 2.50. The van der Waals surface area contributed by atoms with Crippen molar-refractivity contribution in [3.63, 3.8) is 0 Å². The molecule has 1 heterocycles. The van der Waals surface area contributed by atoms with Gasteiger partial charge in [-0.25, -0.2) is 4.79 Å². The zero-order valence-electron chi connectivity index (χ0n) is 10.9. The van der Waals surface area contributed by atoms with Gasteiger partial charge in [-0.1, -0.05) is 6.08 Å². The molecule has 2 atom stereocenters. The van der Waals surface area contributed by atoms with Crippen LogP contribution in [0.5, 0.6) is 0 Å². The van der Waals surface area contributed by atoms with E-state index in [2.05, 4.69) is 12.0 Å². The van der Waals surface area contributed by atoms with Crippen molar-refractivity contribution in [2.24, 2.45) is 11.8 Å². The minimum atomic E-state index is -0.445. The number of likely N-dealkylation sites (tertiary alicyclic amines) is 1. The van der Waals surface area contributed by atoms with Gasteiger partial charge < -0.3 is 9.64 Å². The van der Waals surface area contributed by atoms with Gasteiger partial charge >= 0.3 is 6.09 Å². The minimum absolute atomic E-state index is 0.0439. The van der Waals surface area contributed by atoms with E-state index in [0.29, 0.717) is 19.0 Å². The highest BCUT2D eigenvalue weighted by atomic mass is 16.6. The Morgan fingerprint density at radius 3 is 2.76 bits per heavy atom. The number of amides is 1. The Bertz CT molecular complexity index is 286. The van der Waals surface area contributed by atoms with Crippen LogP contribution in [0.3, 0.4) is 0 Å². The Morgan fingerprint density at radius 1 is 1.65 bits per heavy atom. The number of ether oxygens (including phenoxy) is 1. The van der Waals surface area contributed by atoms with Crippen LogP contribution in [0.2, 0.25) is 0 Å². The lowest BCUT2D eigenvalue weighted by atomic mass is 10.00. The zero-order chi connectivity index (χ0) is 13.1. The third kappa shape index (κ3) is 4.02. The molecule has 1 aliphatic heterocycles. The van der Waals surface area contributed by atoms with E-state index in [1.807, 2.05) is 20.8 Å². The molecule has 0 aromatic rings. The van der Waals surface area contributed by atoms with Gasteiger partial charge in [0.25, 0.3) is 0 Å². The molecular formula is C12H23N3O2. The van der Waals surface area contributed by atoms with Gasteiger partial charge in [0.2, 0.25) is 0 Å². The number of hydrogen-bond donors (Lipinski definition) is 2. The van der Waals surface area contributed by atoms with Gasteiger partial charge in [-0.3, -0.25) is 11.3 Å². The smallest absolute Gasteiger partial charge is 0.410 e. The van der Waals surface area contributed by atoms with Crippen molar-refractivity contribution in [1.29, 1.82) is 0 Å². The molecule has 5 nitrogen and oxygen atoms in total. The Kier molecular flexibility index (Phi) is 4.54. The second-order valence-corrected chi connectivity index (χ2v) is 5.40. The molecule has 0 spiro atoms. The molecule has 0 bridgehead atoms. The number of rotatable bonds is 3. The number of carbonyl (C=O) groups excluding carboxylic acids is 1. The van der Waals surface area contributed by atoms with Crippen molar-refractivity contribution < 1.29 is 9.53 Å². The summed E-state index contributed by atoms with van der Waals surface area (Å²) in [5, 5.41) is 0. The van der Waals surface area contributed by atoms with E-state index in [-0.39, 0.29) is 12.1 Å². The molecule has 98 valence electrons. The average Bonchev–Trinajstić information content (AvgIpc) is 2.66. The summed E-state index contributed by atoms with van der Waals surface area (Å²) in [6.07, 6.45) is 2.45. The van der Waals surface area contributed by atoms with E-state index in [1.165, 1.54) is 0 Å². The Hall–Kier alpha value is -1.07. The van der Waals surface area contributed by atoms with Crippen LogP contribution in [0.25, 0.3) is 0 Å². The van der Waals surface area contributed by atoms with Crippen LogP contribution >= 0.6 is 0 Å². The first-order chi connectivity index (χ1) is 7.87. The van der Waals surface area contributed by atoms with E-state index < -0.39 is 5.60 Å². The molecular weight excluding hydrogens is 218 g/mol. The average molecular weight is 241 g/mol. The molecule has 1 aliphatic rings. The molecule has 1 fully saturated rings. The van der Waals surface area contributed by atoms with Crippen molar-refractivity contribution in [1.82, 2.24) is 10.3 Å². The molecule has 0 aliphatic carbocycles. The van der Waals surface area contributed by atoms with E-state index in [1.54, 1.807) is 11.0 Å². The highest BCUT2D eigenvalue weighted by molar-refractivity contribution is 5.68. The van der Waals surface area contributed by atoms with Crippen molar-refractivity contribution in [3.05, 3.63) is 12.7 Å². The summed E-state index contributed by atoms with van der Waals surface area (Å²) in [5.41, 5.74) is 2.26. The van der Waals surface area contributed by atoms with E-state index in [0.717, 1.165) is 6.42 Å². The standard InChI is InChI=1S/C12H23N3O2/c1-5-10(14-13)9-6-7-15(8-9)11(16)17-12(2,3)4/h5,9-10,14H,1,6-8,13H2,2-4H3. The third-order valence-electron chi connectivity index (χ3n) is 2.83. The predicted molar refractivity (Wildman–Crippen MR) is 67.2 cm³/mol. The van der Waals surface area contributed by atoms with Gasteiger partial charge in [-0.15, -0.1) is 6.58 Å². The summed E-state index contributed by atoms with van der Waals surface area (Å²) in [6, 6.07) is 0.0439. The van der Waals surface area contributed by atoms with Crippen molar-refractivity contribution in [2.75, 3.05) is 13.1 Å². The molecule has 0 saturated carbocycles. The van der Waals surface area contributed by atoms with Gasteiger partial charge in [0.05, 0.1) is 0 Å². The lowest BCUT2D eigenvalue weighted by molar-refractivity contribution is 0.0286. The lowest BCUT2D eigenvalue weighted by Crippen LogP contribution is -2.41. The van der Waals surface area contributed by atoms with Crippen molar-refractivity contribution >= 4 is 6.09 Å². The first-order valence-electron chi connectivity index (χ1n) is 5.94. The fraction of sp³-hybridized carbons (Fsp3) is 0.750. The van der Waals surface area contributed by atoms with Crippen molar-refractivity contribution in [3.8, 4) is 0 Å². The fourth-order valence-corrected chi connectivity index (χ4v) is 1.97. The summed E-state index contributed by atoms with van der Waals surface area (Å²) in [4.78, 5) is 13.6. The zero-order valence-corrected chi connectivity index (χ0v) is 10.9. The molecule has 2 unspecified atom stereocenters. The van der Waals surface area contributed by atoms with Crippen molar-refractivity contribution in [2.45, 2.75) is 38.8 Å². The van der Waals surface area contributed by atoms with Crippen LogP contribution in [0.4, 0.5) is 4.79 Å². The van der Waals surface area contributed by atoms with Crippen LogP contribution in [-0.2, 0) is 4.74 Å². The Morgan fingerprint density at radius 2 is 2.29 bits per heavy atom. The number of nitrogens with two attached hydrogens (primary N) is 1. The molecule has 0 aromatic carbocycles. The summed E-state index contributed by atoms with van der Waals surface area (Å²) >= 11 is 0. The second-order valence-electron chi connectivity index (χ2n) is 5.40. The summed E-state index contributed by atoms with van der Waals surface area (Å²) in [7, 11) is 0. The number of nitrogens with one attached hydrogen (secondary N) is 1. The number of nitrogens with zero attached hydrogens (tertiary/aromatic N) is 1. The van der Waals surface area contributed by atoms with Crippen LogP contribution in [0.1, 0.15) is 27.2 Å². The highest BCUT2D eigenvalue weighted by Gasteiger charge is 2.32. The normalized spacial score (nSPS) is 22.4. The van der Waals surface area contributed by atoms with Gasteiger partial charge in [-0.2, -0.15) is 0 Å². The lowest BCUT2D eigenvalue weighted by Gasteiger charge is -2.25. The first-order valence-corrected chi connectivity index (χ1v) is 5.94. The van der Waals surface area contributed by atoms with Crippen LogP contribution in [0.15, 0.2) is 12.7 Å². The molecule has 0 radical (unpaired) electrons.